The Morgan fingerprint density at radius 1 is 1.13 bits per heavy atom. The van der Waals surface area contributed by atoms with Crippen molar-refractivity contribution in [2.24, 2.45) is 13.0 Å². The molecule has 0 saturated carbocycles. The van der Waals surface area contributed by atoms with Gasteiger partial charge in [-0.1, -0.05) is 38.1 Å². The molecule has 0 aliphatic rings. The Morgan fingerprint density at radius 3 is 2.58 bits per heavy atom. The number of amides is 1. The highest BCUT2D eigenvalue weighted by Gasteiger charge is 2.25. The Kier molecular flexibility index (Phi) is 5.42. The van der Waals surface area contributed by atoms with E-state index in [9.17, 15) is 9.59 Å². The fraction of sp³-hybridized carbons (Fsp3) is 0.250. The molecule has 0 saturated heterocycles. The molecule has 3 aromatic heterocycles. The number of carbonyl (C=O) groups excluding carboxylic acids is 1. The van der Waals surface area contributed by atoms with Crippen molar-refractivity contribution in [3.63, 3.8) is 0 Å². The van der Waals surface area contributed by atoms with Gasteiger partial charge in [-0.2, -0.15) is 0 Å². The van der Waals surface area contributed by atoms with Crippen LogP contribution in [0.5, 0.6) is 0 Å². The molecular weight excluding hydrogens is 390 g/mol. The number of aryl methyl sites for hydroxylation is 1. The van der Waals surface area contributed by atoms with Crippen LogP contribution in [0.15, 0.2) is 59.5 Å². The first-order valence-electron chi connectivity index (χ1n) is 10.2. The summed E-state index contributed by atoms with van der Waals surface area (Å²) in [7, 11) is 1.95. The van der Waals surface area contributed by atoms with Crippen molar-refractivity contribution in [2.45, 2.75) is 26.8 Å². The molecule has 0 bridgehead atoms. The third kappa shape index (κ3) is 3.86. The van der Waals surface area contributed by atoms with Gasteiger partial charge in [0, 0.05) is 35.9 Å². The lowest BCUT2D eigenvalue weighted by Crippen LogP contribution is -2.33. The lowest BCUT2D eigenvalue weighted by Gasteiger charge is -2.22. The third-order valence-corrected chi connectivity index (χ3v) is 5.57. The number of rotatable bonds is 5. The molecule has 158 valence electrons. The minimum absolute atomic E-state index is 0.0186. The summed E-state index contributed by atoms with van der Waals surface area (Å²) in [6, 6.07) is 14.3. The number of carbonyl (C=O) groups is 1. The summed E-state index contributed by atoms with van der Waals surface area (Å²) < 4.78 is 2.01. The highest BCUT2D eigenvalue weighted by Crippen LogP contribution is 2.27. The summed E-state index contributed by atoms with van der Waals surface area (Å²) in [5.74, 6) is 0.212. The number of nitrogens with one attached hydrogen (secondary N) is 2. The second kappa shape index (κ2) is 8.18. The highest BCUT2D eigenvalue weighted by atomic mass is 16.1. The van der Waals surface area contributed by atoms with E-state index in [1.54, 1.807) is 18.3 Å². The molecule has 3 heterocycles. The molecule has 0 aliphatic carbocycles. The van der Waals surface area contributed by atoms with Gasteiger partial charge in [0.1, 0.15) is 5.69 Å². The van der Waals surface area contributed by atoms with Crippen LogP contribution in [0, 0.1) is 12.8 Å². The van der Waals surface area contributed by atoms with Crippen molar-refractivity contribution in [1.29, 1.82) is 0 Å². The zero-order valence-corrected chi connectivity index (χ0v) is 18.0. The Bertz CT molecular complexity index is 1300. The first-order chi connectivity index (χ1) is 14.9. The summed E-state index contributed by atoms with van der Waals surface area (Å²) in [5.41, 5.74) is 3.31. The Hall–Kier alpha value is -3.74. The maximum Gasteiger partial charge on any atom is 0.254 e. The molecule has 0 aliphatic heterocycles. The van der Waals surface area contributed by atoms with Gasteiger partial charge in [-0.05, 0) is 31.0 Å². The topological polar surface area (TPSA) is 92.7 Å². The van der Waals surface area contributed by atoms with Gasteiger partial charge in [-0.25, -0.2) is 4.98 Å². The third-order valence-electron chi connectivity index (χ3n) is 5.57. The van der Waals surface area contributed by atoms with Gasteiger partial charge >= 0.3 is 0 Å². The monoisotopic (exact) mass is 415 g/mol. The number of pyridine rings is 1. The van der Waals surface area contributed by atoms with E-state index < -0.39 is 6.04 Å². The molecule has 2 N–H and O–H groups in total. The molecule has 7 nitrogen and oxygen atoms in total. The molecular formula is C24H25N5O2. The number of nitrogens with zero attached hydrogens (tertiary/aromatic N) is 3. The van der Waals surface area contributed by atoms with Crippen molar-refractivity contribution in [3.05, 3.63) is 82.0 Å². The molecule has 1 atom stereocenters. The van der Waals surface area contributed by atoms with Crippen LogP contribution in [0.2, 0.25) is 0 Å². The van der Waals surface area contributed by atoms with Gasteiger partial charge < -0.3 is 14.9 Å². The van der Waals surface area contributed by atoms with Crippen molar-refractivity contribution in [3.8, 4) is 11.5 Å². The summed E-state index contributed by atoms with van der Waals surface area (Å²) in [4.78, 5) is 37.4. The molecule has 4 aromatic rings. The average Bonchev–Trinajstić information content (AvgIpc) is 3.02. The second-order valence-corrected chi connectivity index (χ2v) is 7.97. The number of H-pyrrole nitrogens is 1. The van der Waals surface area contributed by atoms with Crippen molar-refractivity contribution >= 4 is 16.8 Å². The molecule has 7 heteroatoms. The maximum absolute atomic E-state index is 13.4. The van der Waals surface area contributed by atoms with Gasteiger partial charge in [0.2, 0.25) is 0 Å². The minimum Gasteiger partial charge on any atom is -0.347 e. The Morgan fingerprint density at radius 2 is 1.87 bits per heavy atom. The van der Waals surface area contributed by atoms with Crippen LogP contribution < -0.4 is 10.9 Å². The number of benzene rings is 1. The lowest BCUT2D eigenvalue weighted by molar-refractivity contribution is 0.0925. The van der Waals surface area contributed by atoms with Gasteiger partial charge in [0.25, 0.3) is 11.5 Å². The van der Waals surface area contributed by atoms with Gasteiger partial charge in [-0.15, -0.1) is 0 Å². The quantitative estimate of drug-likeness (QED) is 0.519. The number of hydrogen-bond acceptors (Lipinski definition) is 4. The van der Waals surface area contributed by atoms with Crippen LogP contribution in [0.25, 0.3) is 22.4 Å². The van der Waals surface area contributed by atoms with E-state index >= 15 is 0 Å². The van der Waals surface area contributed by atoms with E-state index in [1.807, 2.05) is 62.7 Å². The zero-order chi connectivity index (χ0) is 22.1. The summed E-state index contributed by atoms with van der Waals surface area (Å²) in [6.07, 6.45) is 1.65. The molecule has 4 rings (SSSR count). The minimum atomic E-state index is -0.435. The number of hydrogen-bond donors (Lipinski definition) is 2. The van der Waals surface area contributed by atoms with Crippen molar-refractivity contribution in [1.82, 2.24) is 24.8 Å². The summed E-state index contributed by atoms with van der Waals surface area (Å²) in [6.45, 7) is 5.92. The van der Waals surface area contributed by atoms with Crippen molar-refractivity contribution < 1.29 is 4.79 Å². The molecule has 31 heavy (non-hydrogen) atoms. The van der Waals surface area contributed by atoms with E-state index in [4.69, 9.17) is 0 Å². The molecule has 0 spiro atoms. The molecule has 1 amide bonds. The van der Waals surface area contributed by atoms with Crippen LogP contribution in [-0.4, -0.2) is 25.4 Å². The van der Waals surface area contributed by atoms with Crippen LogP contribution in [0.3, 0.4) is 0 Å². The molecule has 0 unspecified atom stereocenters. The Labute approximate surface area is 180 Å². The first-order valence-corrected chi connectivity index (χ1v) is 10.2. The Balaban J connectivity index is 1.74. The van der Waals surface area contributed by atoms with E-state index in [0.29, 0.717) is 22.8 Å². The van der Waals surface area contributed by atoms with E-state index in [0.717, 1.165) is 16.6 Å². The SMILES string of the molecule is Cc1c(C(=O)N[C@@H](c2cc(=O)[nH]c(-c3ccccn3)n2)C(C)C)c2ccccc2n1C. The van der Waals surface area contributed by atoms with E-state index in [-0.39, 0.29) is 17.4 Å². The zero-order valence-electron chi connectivity index (χ0n) is 18.0. The fourth-order valence-corrected chi connectivity index (χ4v) is 3.86. The van der Waals surface area contributed by atoms with Gasteiger partial charge in [-0.3, -0.25) is 14.6 Å². The number of fused-ring (bicyclic) bond motifs is 1. The smallest absolute Gasteiger partial charge is 0.254 e. The van der Waals surface area contributed by atoms with Gasteiger partial charge in [0.05, 0.1) is 17.3 Å². The highest BCUT2D eigenvalue weighted by molar-refractivity contribution is 6.08. The van der Waals surface area contributed by atoms with Crippen LogP contribution in [0.1, 0.15) is 41.6 Å². The molecule has 0 fully saturated rings. The fourth-order valence-electron chi connectivity index (χ4n) is 3.86. The molecule has 1 aromatic carbocycles. The summed E-state index contributed by atoms with van der Waals surface area (Å²) >= 11 is 0. The largest absolute Gasteiger partial charge is 0.347 e. The van der Waals surface area contributed by atoms with E-state index in [1.165, 1.54) is 6.07 Å². The van der Waals surface area contributed by atoms with Crippen LogP contribution in [-0.2, 0) is 7.05 Å². The second-order valence-electron chi connectivity index (χ2n) is 7.97. The first kappa shape index (κ1) is 20.5. The van der Waals surface area contributed by atoms with Crippen molar-refractivity contribution in [2.75, 3.05) is 0 Å². The van der Waals surface area contributed by atoms with Crippen LogP contribution >= 0.6 is 0 Å². The van der Waals surface area contributed by atoms with Gasteiger partial charge in [0.15, 0.2) is 5.82 Å². The predicted octanol–water partition coefficient (Wildman–Crippen LogP) is 3.76. The number of aromatic amines is 1. The standard InChI is InChI=1S/C24H25N5O2/c1-14(2)22(18-13-20(30)27-23(26-18)17-10-7-8-12-25-17)28-24(31)21-15(3)29(4)19-11-6-5-9-16(19)21/h5-14,22H,1-4H3,(H,28,31)(H,26,27,30)/t22-/m1/s1. The number of para-hydroxylation sites is 1. The maximum atomic E-state index is 13.4. The lowest BCUT2D eigenvalue weighted by atomic mass is 9.99. The average molecular weight is 415 g/mol. The number of aromatic nitrogens is 4. The predicted molar refractivity (Wildman–Crippen MR) is 121 cm³/mol. The molecule has 0 radical (unpaired) electrons. The summed E-state index contributed by atoms with van der Waals surface area (Å²) in [5, 5.41) is 4.01. The van der Waals surface area contributed by atoms with E-state index in [2.05, 4.69) is 20.3 Å². The normalized spacial score (nSPS) is 12.3. The van der Waals surface area contributed by atoms with Crippen LogP contribution in [0.4, 0.5) is 0 Å².